The van der Waals surface area contributed by atoms with Gasteiger partial charge < -0.3 is 0 Å². The number of unbranched alkanes of at least 4 members (excludes halogenated alkanes) is 18. The largest absolute Gasteiger partial charge is 0.285 e. The molecule has 0 fully saturated rings. The molecule has 0 atom stereocenters. The number of rotatable bonds is 24. The Labute approximate surface area is 218 Å². The highest BCUT2D eigenvalue weighted by Crippen LogP contribution is 2.23. The van der Waals surface area contributed by atoms with Gasteiger partial charge in [0, 0.05) is 0 Å². The van der Waals surface area contributed by atoms with Crippen molar-refractivity contribution < 1.29 is 13.0 Å². The molecule has 0 unspecified atom stereocenters. The number of hydrogen-bond donors (Lipinski definition) is 1. The number of hydrogen-bond acceptors (Lipinski definition) is 2. The third-order valence-electron chi connectivity index (χ3n) is 7.29. The van der Waals surface area contributed by atoms with E-state index < -0.39 is 10.1 Å². The highest BCUT2D eigenvalue weighted by molar-refractivity contribution is 7.85. The van der Waals surface area contributed by atoms with Gasteiger partial charge in [0.2, 0.25) is 0 Å². The molecule has 1 aromatic rings. The Morgan fingerprint density at radius 2 is 0.914 bits per heavy atom. The van der Waals surface area contributed by atoms with Crippen LogP contribution in [0.1, 0.15) is 159 Å². The Hall–Kier alpha value is -0.870. The zero-order chi connectivity index (χ0) is 25.6. The Bertz CT molecular complexity index is 727. The van der Waals surface area contributed by atoms with E-state index >= 15 is 0 Å². The summed E-state index contributed by atoms with van der Waals surface area (Å²) in [6, 6.07) is 6.03. The van der Waals surface area contributed by atoms with Crippen molar-refractivity contribution >= 4 is 10.1 Å². The maximum atomic E-state index is 11.6. The van der Waals surface area contributed by atoms with Crippen LogP contribution in [0.25, 0.3) is 0 Å². The van der Waals surface area contributed by atoms with Crippen LogP contribution in [0.3, 0.4) is 0 Å². The molecule has 204 valence electrons. The monoisotopic (exact) mass is 508 g/mol. The van der Waals surface area contributed by atoms with Gasteiger partial charge >= 0.3 is 0 Å². The summed E-state index contributed by atoms with van der Waals surface area (Å²) in [6.45, 7) is 4.53. The summed E-state index contributed by atoms with van der Waals surface area (Å²) in [6.07, 6.45) is 28.2. The van der Waals surface area contributed by atoms with Crippen LogP contribution in [0.2, 0.25) is 0 Å². The van der Waals surface area contributed by atoms with Crippen molar-refractivity contribution in [2.45, 2.75) is 161 Å². The molecule has 0 spiro atoms. The molecule has 0 aliphatic carbocycles. The zero-order valence-corrected chi connectivity index (χ0v) is 24.0. The van der Waals surface area contributed by atoms with Crippen molar-refractivity contribution in [3.63, 3.8) is 0 Å². The van der Waals surface area contributed by atoms with Crippen molar-refractivity contribution in [2.24, 2.45) is 0 Å². The maximum Gasteiger partial charge on any atom is 0.269 e. The molecule has 0 saturated heterocycles. The predicted octanol–water partition coefficient (Wildman–Crippen LogP) is 10.0. The molecule has 1 aromatic carbocycles. The van der Waals surface area contributed by atoms with E-state index in [1.54, 1.807) is 0 Å². The van der Waals surface area contributed by atoms with Crippen LogP contribution in [0.4, 0.5) is 0 Å². The van der Waals surface area contributed by atoms with Gasteiger partial charge in [0.25, 0.3) is 10.1 Å². The molecule has 1 N–H and O–H groups in total. The molecular weight excluding hydrogens is 452 g/mol. The average Bonchev–Trinajstić information content (AvgIpc) is 2.81. The minimum Gasteiger partial charge on any atom is -0.285 e. The fraction of sp³-hybridized carbons (Fsp3) is 0.806. The minimum atomic E-state index is -4.01. The van der Waals surface area contributed by atoms with E-state index in [0.717, 1.165) is 31.2 Å². The van der Waals surface area contributed by atoms with E-state index in [4.69, 9.17) is 0 Å². The first-order valence-electron chi connectivity index (χ1n) is 15.0. The first-order chi connectivity index (χ1) is 17.0. The van der Waals surface area contributed by atoms with Gasteiger partial charge in [-0.05, 0) is 42.4 Å². The summed E-state index contributed by atoms with van der Waals surface area (Å²) >= 11 is 0. The van der Waals surface area contributed by atoms with Crippen LogP contribution in [-0.2, 0) is 28.7 Å². The summed E-state index contributed by atoms with van der Waals surface area (Å²) in [7, 11) is -4.01. The standard InChI is InChI=1S/C31H56O3S/c1-3-5-7-9-11-13-15-17-19-21-24-29-25-23-26-30(28-35(32,33)34)31(29)27-22-20-18-16-14-12-10-8-6-4-2/h23,25-26H,3-22,24,27-28H2,1-2H3,(H,32,33,34). The van der Waals surface area contributed by atoms with E-state index in [0.29, 0.717) is 0 Å². The molecule has 0 aliphatic rings. The summed E-state index contributed by atoms with van der Waals surface area (Å²) in [5, 5.41) is 0. The Kier molecular flexibility index (Phi) is 19.5. The van der Waals surface area contributed by atoms with Crippen LogP contribution in [0.15, 0.2) is 18.2 Å². The second-order valence-electron chi connectivity index (χ2n) is 10.6. The van der Waals surface area contributed by atoms with Crippen LogP contribution < -0.4 is 0 Å². The molecule has 0 heterocycles. The van der Waals surface area contributed by atoms with Crippen LogP contribution in [-0.4, -0.2) is 13.0 Å². The molecule has 0 saturated carbocycles. The topological polar surface area (TPSA) is 54.4 Å². The quantitative estimate of drug-likeness (QED) is 0.112. The maximum absolute atomic E-state index is 11.6. The van der Waals surface area contributed by atoms with Crippen molar-refractivity contribution in [3.05, 3.63) is 34.9 Å². The predicted molar refractivity (Wildman–Crippen MR) is 153 cm³/mol. The van der Waals surface area contributed by atoms with Gasteiger partial charge in [-0.2, -0.15) is 8.42 Å². The summed E-state index contributed by atoms with van der Waals surface area (Å²) in [5.74, 6) is -0.258. The number of benzene rings is 1. The van der Waals surface area contributed by atoms with E-state index in [1.165, 1.54) is 127 Å². The van der Waals surface area contributed by atoms with E-state index in [2.05, 4.69) is 19.9 Å². The Balaban J connectivity index is 2.41. The molecule has 0 amide bonds. The van der Waals surface area contributed by atoms with Gasteiger partial charge in [-0.25, -0.2) is 0 Å². The van der Waals surface area contributed by atoms with Gasteiger partial charge in [-0.1, -0.05) is 148 Å². The first-order valence-corrected chi connectivity index (χ1v) is 16.6. The fourth-order valence-corrected chi connectivity index (χ4v) is 5.83. The molecule has 0 bridgehead atoms. The minimum absolute atomic E-state index is 0.258. The van der Waals surface area contributed by atoms with Gasteiger partial charge in [-0.3, -0.25) is 4.55 Å². The second-order valence-corrected chi connectivity index (χ2v) is 12.1. The van der Waals surface area contributed by atoms with Crippen LogP contribution in [0, 0.1) is 0 Å². The van der Waals surface area contributed by atoms with Gasteiger partial charge in [-0.15, -0.1) is 0 Å². The van der Waals surface area contributed by atoms with E-state index in [9.17, 15) is 13.0 Å². The van der Waals surface area contributed by atoms with Crippen LogP contribution in [0.5, 0.6) is 0 Å². The van der Waals surface area contributed by atoms with Gasteiger partial charge in [0.05, 0.1) is 0 Å². The molecule has 4 heteroatoms. The van der Waals surface area contributed by atoms with Crippen LogP contribution >= 0.6 is 0 Å². The normalized spacial score (nSPS) is 11.9. The molecule has 0 aromatic heterocycles. The summed E-state index contributed by atoms with van der Waals surface area (Å²) in [4.78, 5) is 0. The zero-order valence-electron chi connectivity index (χ0n) is 23.2. The molecule has 3 nitrogen and oxygen atoms in total. The SMILES string of the molecule is CCCCCCCCCCCCc1cccc(CS(=O)(=O)O)c1CCCCCCCCCCCC. The lowest BCUT2D eigenvalue weighted by molar-refractivity contribution is 0.481. The summed E-state index contributed by atoms with van der Waals surface area (Å²) in [5.41, 5.74) is 3.27. The molecular formula is C31H56O3S. The van der Waals surface area contributed by atoms with Crippen molar-refractivity contribution in [2.75, 3.05) is 0 Å². The third kappa shape index (κ3) is 18.1. The lowest BCUT2D eigenvalue weighted by Crippen LogP contribution is -2.07. The molecule has 0 radical (unpaired) electrons. The highest BCUT2D eigenvalue weighted by atomic mass is 32.2. The first kappa shape index (κ1) is 32.2. The molecule has 0 aliphatic heterocycles. The van der Waals surface area contributed by atoms with E-state index in [-0.39, 0.29) is 5.75 Å². The fourth-order valence-electron chi connectivity index (χ4n) is 5.17. The second kappa shape index (κ2) is 21.2. The molecule has 35 heavy (non-hydrogen) atoms. The van der Waals surface area contributed by atoms with Gasteiger partial charge in [0.1, 0.15) is 5.75 Å². The lowest BCUT2D eigenvalue weighted by Gasteiger charge is -2.15. The average molecular weight is 509 g/mol. The highest BCUT2D eigenvalue weighted by Gasteiger charge is 2.14. The third-order valence-corrected chi connectivity index (χ3v) is 7.96. The van der Waals surface area contributed by atoms with Gasteiger partial charge in [0.15, 0.2) is 0 Å². The van der Waals surface area contributed by atoms with Crippen molar-refractivity contribution in [1.82, 2.24) is 0 Å². The Morgan fingerprint density at radius 3 is 1.34 bits per heavy atom. The summed E-state index contributed by atoms with van der Waals surface area (Å²) < 4.78 is 32.7. The Morgan fingerprint density at radius 1 is 0.543 bits per heavy atom. The van der Waals surface area contributed by atoms with E-state index in [1.807, 2.05) is 12.1 Å². The lowest BCUT2D eigenvalue weighted by atomic mass is 9.93. The number of aryl methyl sites for hydroxylation is 1. The van der Waals surface area contributed by atoms with Crippen molar-refractivity contribution in [1.29, 1.82) is 0 Å². The molecule has 1 rings (SSSR count). The smallest absolute Gasteiger partial charge is 0.269 e. The van der Waals surface area contributed by atoms with Crippen molar-refractivity contribution in [3.8, 4) is 0 Å².